The molecule has 0 saturated heterocycles. The highest BCUT2D eigenvalue weighted by Crippen LogP contribution is 2.42. The molecule has 1 N–H and O–H groups in total. The molecule has 0 spiro atoms. The van der Waals surface area contributed by atoms with Crippen LogP contribution in [0, 0.1) is 0 Å². The maximum absolute atomic E-state index is 13.1. The van der Waals surface area contributed by atoms with Crippen molar-refractivity contribution in [3.63, 3.8) is 0 Å². The number of amides is 2. The molecule has 1 aliphatic heterocycles. The Bertz CT molecular complexity index is 1060. The lowest BCUT2D eigenvalue weighted by Gasteiger charge is -2.27. The average Bonchev–Trinajstić information content (AvgIpc) is 3.31. The Morgan fingerprint density at radius 3 is 2.69 bits per heavy atom. The number of fused-ring (bicyclic) bond motifs is 1. The predicted molar refractivity (Wildman–Crippen MR) is 128 cm³/mol. The smallest absolute Gasteiger partial charge is 0.264 e. The van der Waals surface area contributed by atoms with Crippen LogP contribution in [0.1, 0.15) is 48.5 Å². The van der Waals surface area contributed by atoms with Crippen molar-refractivity contribution in [2.75, 3.05) is 25.7 Å². The third-order valence-corrected chi connectivity index (χ3v) is 6.87. The van der Waals surface area contributed by atoms with Crippen LogP contribution in [0.4, 0.5) is 5.69 Å². The lowest BCUT2D eigenvalue weighted by atomic mass is 10.1. The summed E-state index contributed by atoms with van der Waals surface area (Å²) in [5, 5.41) is 3.11. The molecule has 4 rings (SSSR count). The van der Waals surface area contributed by atoms with E-state index < -0.39 is 0 Å². The van der Waals surface area contributed by atoms with Gasteiger partial charge in [0.25, 0.3) is 11.8 Å². The molecule has 0 radical (unpaired) electrons. The zero-order chi connectivity index (χ0) is 22.7. The van der Waals surface area contributed by atoms with Crippen LogP contribution in [0.3, 0.4) is 0 Å². The van der Waals surface area contributed by atoms with Gasteiger partial charge in [-0.15, -0.1) is 0 Å². The summed E-state index contributed by atoms with van der Waals surface area (Å²) >= 11 is 1.41. The van der Waals surface area contributed by atoms with Crippen molar-refractivity contribution in [1.29, 1.82) is 0 Å². The summed E-state index contributed by atoms with van der Waals surface area (Å²) in [4.78, 5) is 28.9. The molecule has 168 valence electrons. The van der Waals surface area contributed by atoms with E-state index in [0.29, 0.717) is 28.6 Å². The number of nitrogens with zero attached hydrogens (tertiary/aromatic N) is 1. The third-order valence-electron chi connectivity index (χ3n) is 5.79. The van der Waals surface area contributed by atoms with E-state index in [1.165, 1.54) is 24.6 Å². The maximum Gasteiger partial charge on any atom is 0.264 e. The Hall–Kier alpha value is -2.93. The van der Waals surface area contributed by atoms with E-state index in [1.807, 2.05) is 43.3 Å². The second-order valence-corrected chi connectivity index (χ2v) is 9.04. The second-order valence-electron chi connectivity index (χ2n) is 7.96. The highest BCUT2D eigenvalue weighted by molar-refractivity contribution is 8.04. The first kappa shape index (κ1) is 22.3. The van der Waals surface area contributed by atoms with Crippen LogP contribution in [-0.4, -0.2) is 38.6 Å². The number of anilines is 1. The highest BCUT2D eigenvalue weighted by atomic mass is 32.2. The SMILES string of the molecule is CCOc1ccc(C=C2Sc3ccc(C(=O)NC4CCCC4)cc3N(C)C2=O)cc1OC. The summed E-state index contributed by atoms with van der Waals surface area (Å²) in [6.07, 6.45) is 6.26. The van der Waals surface area contributed by atoms with Crippen LogP contribution in [0.5, 0.6) is 11.5 Å². The number of hydrogen-bond donors (Lipinski definition) is 1. The van der Waals surface area contributed by atoms with Crippen molar-refractivity contribution in [2.24, 2.45) is 0 Å². The van der Waals surface area contributed by atoms with Crippen LogP contribution in [0.2, 0.25) is 0 Å². The van der Waals surface area contributed by atoms with Gasteiger partial charge in [-0.2, -0.15) is 0 Å². The standard InChI is InChI=1S/C25H28N2O4S/c1-4-31-20-11-9-16(13-21(20)30-3)14-23-25(29)27(2)19-15-17(10-12-22(19)32-23)24(28)26-18-7-5-6-8-18/h9-15,18H,4-8H2,1-3H3,(H,26,28). The fourth-order valence-corrected chi connectivity index (χ4v) is 5.17. The highest BCUT2D eigenvalue weighted by Gasteiger charge is 2.28. The molecule has 1 aliphatic carbocycles. The Balaban J connectivity index is 1.57. The average molecular weight is 453 g/mol. The molecule has 2 aliphatic rings. The van der Waals surface area contributed by atoms with Gasteiger partial charge in [-0.3, -0.25) is 9.59 Å². The molecular weight excluding hydrogens is 424 g/mol. The Labute approximate surface area is 193 Å². The normalized spacial score (nSPS) is 17.4. The Kier molecular flexibility index (Phi) is 6.74. The summed E-state index contributed by atoms with van der Waals surface area (Å²) in [6, 6.07) is 11.4. The lowest BCUT2D eigenvalue weighted by molar-refractivity contribution is -0.114. The summed E-state index contributed by atoms with van der Waals surface area (Å²) < 4.78 is 11.0. The van der Waals surface area contributed by atoms with Gasteiger partial charge in [0, 0.05) is 23.5 Å². The van der Waals surface area contributed by atoms with Gasteiger partial charge in [-0.1, -0.05) is 30.7 Å². The minimum absolute atomic E-state index is 0.0756. The van der Waals surface area contributed by atoms with Gasteiger partial charge in [-0.05, 0) is 61.7 Å². The number of carbonyl (C=O) groups is 2. The Morgan fingerprint density at radius 1 is 1.19 bits per heavy atom. The molecule has 1 heterocycles. The van der Waals surface area contributed by atoms with Crippen LogP contribution in [-0.2, 0) is 4.79 Å². The molecular formula is C25H28N2O4S. The molecule has 0 bridgehead atoms. The van der Waals surface area contributed by atoms with E-state index in [0.717, 1.165) is 29.0 Å². The van der Waals surface area contributed by atoms with Gasteiger partial charge in [0.2, 0.25) is 0 Å². The predicted octanol–water partition coefficient (Wildman–Crippen LogP) is 4.88. The van der Waals surface area contributed by atoms with Crippen molar-refractivity contribution in [2.45, 2.75) is 43.5 Å². The number of likely N-dealkylation sites (N-methyl/N-ethyl adjacent to an activating group) is 1. The molecule has 0 unspecified atom stereocenters. The number of hydrogen-bond acceptors (Lipinski definition) is 5. The fraction of sp³-hybridized carbons (Fsp3) is 0.360. The number of methoxy groups -OCH3 is 1. The minimum Gasteiger partial charge on any atom is -0.493 e. The molecule has 7 heteroatoms. The summed E-state index contributed by atoms with van der Waals surface area (Å²) in [7, 11) is 3.34. The van der Waals surface area contributed by atoms with Crippen molar-refractivity contribution < 1.29 is 19.1 Å². The number of thioether (sulfide) groups is 1. The molecule has 2 aromatic rings. The van der Waals surface area contributed by atoms with Crippen LogP contribution in [0.25, 0.3) is 6.08 Å². The number of carbonyl (C=O) groups excluding carboxylic acids is 2. The molecule has 1 fully saturated rings. The Morgan fingerprint density at radius 2 is 1.97 bits per heavy atom. The lowest BCUT2D eigenvalue weighted by Crippen LogP contribution is -2.33. The number of rotatable bonds is 6. The first-order chi connectivity index (χ1) is 15.5. The van der Waals surface area contributed by atoms with Crippen molar-refractivity contribution in [3.8, 4) is 11.5 Å². The zero-order valence-corrected chi connectivity index (χ0v) is 19.5. The monoisotopic (exact) mass is 452 g/mol. The molecule has 0 atom stereocenters. The number of nitrogens with one attached hydrogen (secondary N) is 1. The first-order valence-electron chi connectivity index (χ1n) is 10.9. The van der Waals surface area contributed by atoms with Crippen LogP contribution in [0.15, 0.2) is 46.2 Å². The topological polar surface area (TPSA) is 67.9 Å². The second kappa shape index (κ2) is 9.69. The molecule has 2 aromatic carbocycles. The van der Waals surface area contributed by atoms with E-state index >= 15 is 0 Å². The third kappa shape index (κ3) is 4.63. The van der Waals surface area contributed by atoms with E-state index in [2.05, 4.69) is 5.32 Å². The molecule has 0 aromatic heterocycles. The van der Waals surface area contributed by atoms with E-state index in [1.54, 1.807) is 25.1 Å². The molecule has 6 nitrogen and oxygen atoms in total. The molecule has 32 heavy (non-hydrogen) atoms. The van der Waals surface area contributed by atoms with Crippen molar-refractivity contribution in [1.82, 2.24) is 5.32 Å². The van der Waals surface area contributed by atoms with Crippen molar-refractivity contribution in [3.05, 3.63) is 52.4 Å². The van der Waals surface area contributed by atoms with E-state index in [9.17, 15) is 9.59 Å². The van der Waals surface area contributed by atoms with Gasteiger partial charge >= 0.3 is 0 Å². The number of benzene rings is 2. The van der Waals surface area contributed by atoms with Gasteiger partial charge < -0.3 is 19.7 Å². The largest absolute Gasteiger partial charge is 0.493 e. The fourth-order valence-electron chi connectivity index (χ4n) is 4.07. The minimum atomic E-state index is -0.108. The van der Waals surface area contributed by atoms with Gasteiger partial charge in [0.15, 0.2) is 11.5 Å². The summed E-state index contributed by atoms with van der Waals surface area (Å²) in [6.45, 7) is 2.47. The van der Waals surface area contributed by atoms with Crippen LogP contribution >= 0.6 is 11.8 Å². The van der Waals surface area contributed by atoms with Crippen LogP contribution < -0.4 is 19.7 Å². The molecule has 2 amide bonds. The molecule has 1 saturated carbocycles. The summed E-state index contributed by atoms with van der Waals surface area (Å²) in [5.41, 5.74) is 2.19. The zero-order valence-electron chi connectivity index (χ0n) is 18.6. The maximum atomic E-state index is 13.1. The van der Waals surface area contributed by atoms with Gasteiger partial charge in [0.1, 0.15) is 0 Å². The number of ether oxygens (including phenoxy) is 2. The first-order valence-corrected chi connectivity index (χ1v) is 11.7. The summed E-state index contributed by atoms with van der Waals surface area (Å²) in [5.74, 6) is 1.11. The van der Waals surface area contributed by atoms with E-state index in [-0.39, 0.29) is 17.9 Å². The van der Waals surface area contributed by atoms with Crippen molar-refractivity contribution >= 4 is 35.3 Å². The van der Waals surface area contributed by atoms with Gasteiger partial charge in [0.05, 0.1) is 24.3 Å². The van der Waals surface area contributed by atoms with E-state index in [4.69, 9.17) is 9.47 Å². The van der Waals surface area contributed by atoms with Gasteiger partial charge in [-0.25, -0.2) is 0 Å². The quantitative estimate of drug-likeness (QED) is 0.633.